The van der Waals surface area contributed by atoms with Crippen molar-refractivity contribution < 1.29 is 17.9 Å². The molecule has 4 N–H and O–H groups in total. The highest BCUT2D eigenvalue weighted by molar-refractivity contribution is 7.89. The first kappa shape index (κ1) is 22.1. The fraction of sp³-hybridized carbons (Fsp3) is 0.444. The lowest BCUT2D eigenvalue weighted by atomic mass is 10.0. The monoisotopic (exact) mass is 426 g/mol. The van der Waals surface area contributed by atoms with Crippen LogP contribution in [0.1, 0.15) is 26.3 Å². The van der Waals surface area contributed by atoms with Crippen LogP contribution in [0.25, 0.3) is 11.3 Å². The average molecular weight is 427 g/mol. The average Bonchev–Trinajstić information content (AvgIpc) is 3.02. The summed E-state index contributed by atoms with van der Waals surface area (Å²) in [6.07, 6.45) is -0.245. The number of rotatable bonds is 8. The first-order valence-corrected chi connectivity index (χ1v) is 11.3. The van der Waals surface area contributed by atoms with Gasteiger partial charge in [0.1, 0.15) is 5.60 Å². The number of nitrogen functional groups attached to an aromatic ring is 1. The van der Waals surface area contributed by atoms with Crippen LogP contribution in [0, 0.1) is 0 Å². The van der Waals surface area contributed by atoms with Crippen LogP contribution >= 0.6 is 11.3 Å². The van der Waals surface area contributed by atoms with E-state index < -0.39 is 21.7 Å². The number of alkyl carbamates (subject to hydrolysis) is 1. The lowest BCUT2D eigenvalue weighted by Crippen LogP contribution is -2.38. The molecule has 0 aliphatic rings. The molecule has 0 bridgehead atoms. The van der Waals surface area contributed by atoms with Crippen LogP contribution in [0.2, 0.25) is 0 Å². The van der Waals surface area contributed by atoms with Crippen molar-refractivity contribution >= 4 is 32.6 Å². The summed E-state index contributed by atoms with van der Waals surface area (Å²) in [5, 5.41) is 4.83. The Kier molecular flexibility index (Phi) is 7.39. The molecule has 154 valence electrons. The molecule has 10 heteroatoms. The molecule has 1 heterocycles. The van der Waals surface area contributed by atoms with Crippen LogP contribution in [-0.4, -0.2) is 43.9 Å². The summed E-state index contributed by atoms with van der Waals surface area (Å²) in [7, 11) is -3.49. The number of carbonyl (C=O) groups is 1. The van der Waals surface area contributed by atoms with Crippen LogP contribution in [0.15, 0.2) is 29.6 Å². The van der Waals surface area contributed by atoms with Crippen molar-refractivity contribution in [2.75, 3.05) is 24.6 Å². The number of ether oxygens (including phenoxy) is 1. The third-order valence-electron chi connectivity index (χ3n) is 3.57. The molecule has 0 saturated heterocycles. The molecule has 0 aliphatic heterocycles. The van der Waals surface area contributed by atoms with Gasteiger partial charge in [-0.05, 0) is 32.8 Å². The Morgan fingerprint density at radius 3 is 2.61 bits per heavy atom. The number of thiazole rings is 1. The van der Waals surface area contributed by atoms with Crippen molar-refractivity contribution in [3.63, 3.8) is 0 Å². The van der Waals surface area contributed by atoms with Crippen molar-refractivity contribution in [1.29, 1.82) is 0 Å². The summed E-state index contributed by atoms with van der Waals surface area (Å²) in [5.41, 5.74) is 7.59. The summed E-state index contributed by atoms with van der Waals surface area (Å²) in [5.74, 6) is -0.0733. The molecule has 0 saturated carbocycles. The third-order valence-corrected chi connectivity index (χ3v) is 5.63. The van der Waals surface area contributed by atoms with Gasteiger partial charge in [0, 0.05) is 24.0 Å². The predicted octanol–water partition coefficient (Wildman–Crippen LogP) is 2.38. The van der Waals surface area contributed by atoms with E-state index in [4.69, 9.17) is 10.5 Å². The molecule has 2 rings (SSSR count). The van der Waals surface area contributed by atoms with Gasteiger partial charge in [0.25, 0.3) is 0 Å². The molecule has 1 amide bonds. The number of nitrogens with zero attached hydrogens (tertiary/aromatic N) is 1. The largest absolute Gasteiger partial charge is 0.444 e. The van der Waals surface area contributed by atoms with E-state index in [2.05, 4.69) is 15.0 Å². The Bertz CT molecular complexity index is 904. The number of nitrogens with two attached hydrogens (primary N) is 1. The molecule has 1 aromatic heterocycles. The number of anilines is 1. The molecular formula is C18H26N4O4S2. The fourth-order valence-corrected chi connectivity index (χ4v) is 4.01. The Morgan fingerprint density at radius 1 is 1.25 bits per heavy atom. The van der Waals surface area contributed by atoms with Gasteiger partial charge >= 0.3 is 6.09 Å². The van der Waals surface area contributed by atoms with E-state index in [1.54, 1.807) is 20.8 Å². The first-order valence-electron chi connectivity index (χ1n) is 8.79. The van der Waals surface area contributed by atoms with Crippen molar-refractivity contribution in [3.8, 4) is 11.3 Å². The summed E-state index contributed by atoms with van der Waals surface area (Å²) >= 11 is 1.34. The predicted molar refractivity (Wildman–Crippen MR) is 112 cm³/mol. The molecule has 0 fully saturated rings. The topological polar surface area (TPSA) is 123 Å². The number of nitrogens with one attached hydrogen (secondary N) is 2. The standard InChI is InChI=1S/C18H26N4O4S2/c1-18(2,3)26-17(23)20-9-10-21-28(24,25)11-8-13-6-4-5-7-14(13)15-12-27-16(19)22-15/h4-7,12,21H,8-11H2,1-3H3,(H2,19,22)(H,20,23). The van der Waals surface area contributed by atoms with E-state index in [1.165, 1.54) is 11.3 Å². The SMILES string of the molecule is CC(C)(C)OC(=O)NCCNS(=O)(=O)CCc1ccccc1-c1csc(N)n1. The van der Waals surface area contributed by atoms with Gasteiger partial charge < -0.3 is 15.8 Å². The van der Waals surface area contributed by atoms with Crippen molar-refractivity contribution in [2.45, 2.75) is 32.8 Å². The molecule has 28 heavy (non-hydrogen) atoms. The highest BCUT2D eigenvalue weighted by Gasteiger charge is 2.16. The number of carbonyl (C=O) groups excluding carboxylic acids is 1. The summed E-state index contributed by atoms with van der Waals surface area (Å²) in [4.78, 5) is 15.8. The molecule has 0 spiro atoms. The van der Waals surface area contributed by atoms with Crippen LogP contribution < -0.4 is 15.8 Å². The maximum absolute atomic E-state index is 12.2. The summed E-state index contributed by atoms with van der Waals surface area (Å²) in [6.45, 7) is 5.50. The zero-order valence-corrected chi connectivity index (χ0v) is 17.8. The maximum atomic E-state index is 12.2. The third kappa shape index (κ3) is 7.45. The zero-order valence-electron chi connectivity index (χ0n) is 16.2. The molecule has 2 aromatic rings. The molecule has 8 nitrogen and oxygen atoms in total. The molecule has 0 aliphatic carbocycles. The van der Waals surface area contributed by atoms with E-state index in [1.807, 2.05) is 29.6 Å². The Hall–Kier alpha value is -2.17. The molecule has 0 unspecified atom stereocenters. The van der Waals surface area contributed by atoms with Crippen LogP contribution in [0.4, 0.5) is 9.93 Å². The number of hydrogen-bond donors (Lipinski definition) is 3. The number of aromatic nitrogens is 1. The maximum Gasteiger partial charge on any atom is 0.407 e. The van der Waals surface area contributed by atoms with Gasteiger partial charge in [0.15, 0.2) is 5.13 Å². The summed E-state index contributed by atoms with van der Waals surface area (Å²) in [6, 6.07) is 7.52. The van der Waals surface area contributed by atoms with Gasteiger partial charge in [-0.25, -0.2) is 22.9 Å². The summed E-state index contributed by atoms with van der Waals surface area (Å²) < 4.78 is 32.1. The Balaban J connectivity index is 1.85. The Labute approximate surface area is 169 Å². The second-order valence-corrected chi connectivity index (χ2v) is 9.94. The van der Waals surface area contributed by atoms with E-state index in [9.17, 15) is 13.2 Å². The van der Waals surface area contributed by atoms with E-state index in [0.717, 1.165) is 16.8 Å². The number of sulfonamides is 1. The van der Waals surface area contributed by atoms with Crippen LogP contribution in [0.3, 0.4) is 0 Å². The van der Waals surface area contributed by atoms with E-state index in [0.29, 0.717) is 11.6 Å². The number of amides is 1. The van der Waals surface area contributed by atoms with Crippen LogP contribution in [-0.2, 0) is 21.2 Å². The lowest BCUT2D eigenvalue weighted by molar-refractivity contribution is 0.0529. The molecule has 1 aromatic carbocycles. The second-order valence-electron chi connectivity index (χ2n) is 7.12. The van der Waals surface area contributed by atoms with Gasteiger partial charge in [-0.3, -0.25) is 0 Å². The van der Waals surface area contributed by atoms with E-state index in [-0.39, 0.29) is 18.8 Å². The minimum Gasteiger partial charge on any atom is -0.444 e. The number of hydrogen-bond acceptors (Lipinski definition) is 7. The fourth-order valence-electron chi connectivity index (χ4n) is 2.40. The van der Waals surface area contributed by atoms with E-state index >= 15 is 0 Å². The normalized spacial score (nSPS) is 12.0. The molecule has 0 atom stereocenters. The van der Waals surface area contributed by atoms with Crippen molar-refractivity contribution in [2.24, 2.45) is 0 Å². The quantitative estimate of drug-likeness (QED) is 0.557. The van der Waals surface area contributed by atoms with Gasteiger partial charge in [-0.1, -0.05) is 24.3 Å². The van der Waals surface area contributed by atoms with Crippen molar-refractivity contribution in [1.82, 2.24) is 15.0 Å². The van der Waals surface area contributed by atoms with Gasteiger partial charge in [-0.2, -0.15) is 0 Å². The van der Waals surface area contributed by atoms with Crippen LogP contribution in [0.5, 0.6) is 0 Å². The lowest BCUT2D eigenvalue weighted by Gasteiger charge is -2.19. The van der Waals surface area contributed by atoms with Crippen molar-refractivity contribution in [3.05, 3.63) is 35.2 Å². The minimum atomic E-state index is -3.49. The zero-order chi connectivity index (χ0) is 20.8. The molecule has 0 radical (unpaired) electrons. The second kappa shape index (κ2) is 9.35. The molecular weight excluding hydrogens is 400 g/mol. The smallest absolute Gasteiger partial charge is 0.407 e. The minimum absolute atomic E-state index is 0.0733. The van der Waals surface area contributed by atoms with Gasteiger partial charge in [0.2, 0.25) is 10.0 Å². The Morgan fingerprint density at radius 2 is 1.96 bits per heavy atom. The van der Waals surface area contributed by atoms with Gasteiger partial charge in [0.05, 0.1) is 11.4 Å². The highest BCUT2D eigenvalue weighted by Crippen LogP contribution is 2.26. The first-order chi connectivity index (χ1) is 13.1. The number of benzene rings is 1. The van der Waals surface area contributed by atoms with Gasteiger partial charge in [-0.15, -0.1) is 11.3 Å². The number of aryl methyl sites for hydroxylation is 1. The highest BCUT2D eigenvalue weighted by atomic mass is 32.2.